The van der Waals surface area contributed by atoms with Gasteiger partial charge in [0.15, 0.2) is 12.1 Å². The van der Waals surface area contributed by atoms with Gasteiger partial charge in [0.25, 0.3) is 0 Å². The summed E-state index contributed by atoms with van der Waals surface area (Å²) < 4.78 is 0.969. The van der Waals surface area contributed by atoms with Crippen molar-refractivity contribution in [3.63, 3.8) is 0 Å². The van der Waals surface area contributed by atoms with Crippen LogP contribution in [0, 0.1) is 0 Å². The number of H-pyrrole nitrogens is 1. The Morgan fingerprint density at radius 3 is 3.08 bits per heavy atom. The molecular formula is C8H5BrN2O. The van der Waals surface area contributed by atoms with Gasteiger partial charge in [0.05, 0.1) is 11.0 Å². The number of imidazole rings is 1. The van der Waals surface area contributed by atoms with Crippen LogP contribution >= 0.6 is 15.9 Å². The Morgan fingerprint density at radius 2 is 2.33 bits per heavy atom. The van der Waals surface area contributed by atoms with Crippen LogP contribution in [-0.4, -0.2) is 16.3 Å². The monoisotopic (exact) mass is 224 g/mol. The summed E-state index contributed by atoms with van der Waals surface area (Å²) in [4.78, 5) is 17.3. The summed E-state index contributed by atoms with van der Waals surface area (Å²) in [5.74, 6) is 0.364. The van der Waals surface area contributed by atoms with Crippen LogP contribution in [0.4, 0.5) is 0 Å². The molecule has 1 aromatic heterocycles. The molecule has 0 aliphatic rings. The summed E-state index contributed by atoms with van der Waals surface area (Å²) in [7, 11) is 0. The maximum atomic E-state index is 10.4. The van der Waals surface area contributed by atoms with Crippen molar-refractivity contribution in [2.75, 3.05) is 0 Å². The lowest BCUT2D eigenvalue weighted by atomic mass is 10.3. The molecule has 0 aliphatic carbocycles. The molecule has 0 unspecified atom stereocenters. The number of halogens is 1. The van der Waals surface area contributed by atoms with Gasteiger partial charge in [0.1, 0.15) is 0 Å². The molecule has 1 aromatic carbocycles. The molecule has 0 atom stereocenters. The number of carbonyl (C=O) groups is 1. The Balaban J connectivity index is 2.75. The van der Waals surface area contributed by atoms with Gasteiger partial charge in [-0.3, -0.25) is 4.79 Å². The van der Waals surface area contributed by atoms with Gasteiger partial charge < -0.3 is 4.98 Å². The van der Waals surface area contributed by atoms with Crippen LogP contribution < -0.4 is 0 Å². The number of benzene rings is 1. The maximum absolute atomic E-state index is 10.4. The summed E-state index contributed by atoms with van der Waals surface area (Å²) in [6, 6.07) is 5.62. The summed E-state index contributed by atoms with van der Waals surface area (Å²) in [6.45, 7) is 0. The first-order valence-electron chi connectivity index (χ1n) is 3.40. The topological polar surface area (TPSA) is 45.8 Å². The molecule has 0 radical (unpaired) electrons. The number of hydrogen-bond donors (Lipinski definition) is 1. The second-order valence-electron chi connectivity index (χ2n) is 2.40. The van der Waals surface area contributed by atoms with Crippen LogP contribution in [-0.2, 0) is 0 Å². The molecule has 0 saturated carbocycles. The van der Waals surface area contributed by atoms with Crippen LogP contribution in [0.5, 0.6) is 0 Å². The molecule has 0 saturated heterocycles. The van der Waals surface area contributed by atoms with E-state index in [1.54, 1.807) is 0 Å². The van der Waals surface area contributed by atoms with E-state index in [1.807, 2.05) is 18.2 Å². The minimum atomic E-state index is 0.364. The molecule has 0 amide bonds. The molecule has 2 aromatic rings. The van der Waals surface area contributed by atoms with E-state index in [-0.39, 0.29) is 0 Å². The van der Waals surface area contributed by atoms with Gasteiger partial charge in [0, 0.05) is 4.47 Å². The molecule has 0 spiro atoms. The highest BCUT2D eigenvalue weighted by Crippen LogP contribution is 2.16. The predicted octanol–water partition coefficient (Wildman–Crippen LogP) is 2.14. The van der Waals surface area contributed by atoms with Gasteiger partial charge in [-0.1, -0.05) is 15.9 Å². The molecule has 4 heteroatoms. The first-order valence-corrected chi connectivity index (χ1v) is 4.19. The number of fused-ring (bicyclic) bond motifs is 1. The Morgan fingerprint density at radius 1 is 1.50 bits per heavy atom. The third kappa shape index (κ3) is 1.14. The third-order valence-electron chi connectivity index (χ3n) is 1.57. The molecule has 0 bridgehead atoms. The highest BCUT2D eigenvalue weighted by Gasteiger charge is 2.00. The van der Waals surface area contributed by atoms with E-state index < -0.39 is 0 Å². The van der Waals surface area contributed by atoms with E-state index in [4.69, 9.17) is 0 Å². The van der Waals surface area contributed by atoms with E-state index in [0.29, 0.717) is 12.1 Å². The zero-order chi connectivity index (χ0) is 8.55. The molecule has 2 rings (SSSR count). The van der Waals surface area contributed by atoms with Gasteiger partial charge in [-0.25, -0.2) is 4.98 Å². The van der Waals surface area contributed by atoms with Crippen LogP contribution in [0.2, 0.25) is 0 Å². The second-order valence-corrected chi connectivity index (χ2v) is 3.32. The summed E-state index contributed by atoms with van der Waals surface area (Å²) >= 11 is 3.33. The van der Waals surface area contributed by atoms with Crippen LogP contribution in [0.25, 0.3) is 11.0 Å². The Labute approximate surface area is 76.9 Å². The largest absolute Gasteiger partial charge is 0.336 e. The normalized spacial score (nSPS) is 10.4. The Hall–Kier alpha value is -1.16. The molecule has 1 heterocycles. The average molecular weight is 225 g/mol. The number of nitrogens with zero attached hydrogens (tertiary/aromatic N) is 1. The molecule has 3 nitrogen and oxygen atoms in total. The lowest BCUT2D eigenvalue weighted by molar-refractivity contribution is 0.111. The minimum Gasteiger partial charge on any atom is -0.336 e. The fraction of sp³-hybridized carbons (Fsp3) is 0. The number of nitrogens with one attached hydrogen (secondary N) is 1. The SMILES string of the molecule is O=Cc1nc2ccc(Br)cc2[nH]1. The molecule has 1 N–H and O–H groups in total. The minimum absolute atomic E-state index is 0.364. The molecular weight excluding hydrogens is 220 g/mol. The van der Waals surface area contributed by atoms with E-state index in [2.05, 4.69) is 25.9 Å². The van der Waals surface area contributed by atoms with Crippen molar-refractivity contribution in [3.8, 4) is 0 Å². The fourth-order valence-electron chi connectivity index (χ4n) is 1.06. The number of aromatic amines is 1. The van der Waals surface area contributed by atoms with E-state index in [9.17, 15) is 4.79 Å². The van der Waals surface area contributed by atoms with Crippen molar-refractivity contribution < 1.29 is 4.79 Å². The van der Waals surface area contributed by atoms with Crippen LogP contribution in [0.1, 0.15) is 10.6 Å². The predicted molar refractivity (Wildman–Crippen MR) is 49.2 cm³/mol. The fourth-order valence-corrected chi connectivity index (χ4v) is 1.42. The number of rotatable bonds is 1. The first-order chi connectivity index (χ1) is 5.79. The maximum Gasteiger partial charge on any atom is 0.185 e. The van der Waals surface area contributed by atoms with Gasteiger partial charge in [-0.15, -0.1) is 0 Å². The average Bonchev–Trinajstić information content (AvgIpc) is 2.46. The van der Waals surface area contributed by atoms with Crippen LogP contribution in [0.15, 0.2) is 22.7 Å². The van der Waals surface area contributed by atoms with Gasteiger partial charge in [0.2, 0.25) is 0 Å². The highest BCUT2D eigenvalue weighted by atomic mass is 79.9. The Bertz CT molecular complexity index is 436. The van der Waals surface area contributed by atoms with Crippen molar-refractivity contribution in [3.05, 3.63) is 28.5 Å². The molecule has 0 fully saturated rings. The first kappa shape index (κ1) is 7.49. The van der Waals surface area contributed by atoms with Crippen molar-refractivity contribution in [1.29, 1.82) is 0 Å². The number of carbonyl (C=O) groups excluding carboxylic acids is 1. The second kappa shape index (κ2) is 2.71. The zero-order valence-electron chi connectivity index (χ0n) is 6.04. The van der Waals surface area contributed by atoms with E-state index in [1.165, 1.54) is 0 Å². The number of hydrogen-bond acceptors (Lipinski definition) is 2. The van der Waals surface area contributed by atoms with E-state index >= 15 is 0 Å². The van der Waals surface area contributed by atoms with Crippen molar-refractivity contribution in [2.45, 2.75) is 0 Å². The Kier molecular flexibility index (Phi) is 1.69. The van der Waals surface area contributed by atoms with E-state index in [0.717, 1.165) is 15.5 Å². The van der Waals surface area contributed by atoms with Crippen molar-refractivity contribution in [1.82, 2.24) is 9.97 Å². The lowest BCUT2D eigenvalue weighted by Gasteiger charge is -1.87. The summed E-state index contributed by atoms with van der Waals surface area (Å²) in [5, 5.41) is 0. The standard InChI is InChI=1S/C8H5BrN2O/c9-5-1-2-6-7(3-5)11-8(4-12)10-6/h1-4H,(H,10,11). The number of aldehydes is 1. The third-order valence-corrected chi connectivity index (χ3v) is 2.07. The summed E-state index contributed by atoms with van der Waals surface area (Å²) in [6.07, 6.45) is 0.702. The van der Waals surface area contributed by atoms with Gasteiger partial charge in [-0.2, -0.15) is 0 Å². The smallest absolute Gasteiger partial charge is 0.185 e. The van der Waals surface area contributed by atoms with Crippen molar-refractivity contribution in [2.24, 2.45) is 0 Å². The van der Waals surface area contributed by atoms with Crippen LogP contribution in [0.3, 0.4) is 0 Å². The van der Waals surface area contributed by atoms with Gasteiger partial charge >= 0.3 is 0 Å². The van der Waals surface area contributed by atoms with Gasteiger partial charge in [-0.05, 0) is 18.2 Å². The lowest BCUT2D eigenvalue weighted by Crippen LogP contribution is -1.78. The molecule has 0 aliphatic heterocycles. The van der Waals surface area contributed by atoms with Crippen molar-refractivity contribution >= 4 is 33.2 Å². The zero-order valence-corrected chi connectivity index (χ0v) is 7.63. The molecule has 60 valence electrons. The highest BCUT2D eigenvalue weighted by molar-refractivity contribution is 9.10. The molecule has 12 heavy (non-hydrogen) atoms. The quantitative estimate of drug-likeness (QED) is 0.755. The summed E-state index contributed by atoms with van der Waals surface area (Å²) in [5.41, 5.74) is 1.67. The number of aromatic nitrogens is 2.